The average molecular weight is 304 g/mol. The molecule has 1 aromatic carbocycles. The standard InChI is InChI=1S/C12H18N2O.H2O4S/c13-11-3-1-2-4-12(11)14-9-5-7-10(15)8-6-9;1-5(2,3)4/h1-4,9-10,14-15H,5-8,13H2;(H2,1,2,3,4). The molecule has 0 unspecified atom stereocenters. The molecule has 0 saturated heterocycles. The van der Waals surface area contributed by atoms with Gasteiger partial charge in [0.2, 0.25) is 0 Å². The summed E-state index contributed by atoms with van der Waals surface area (Å²) in [5.41, 5.74) is 7.66. The van der Waals surface area contributed by atoms with Crippen LogP contribution in [0.3, 0.4) is 0 Å². The molecular weight excluding hydrogens is 284 g/mol. The van der Waals surface area contributed by atoms with Crippen LogP contribution in [0.5, 0.6) is 0 Å². The topological polar surface area (TPSA) is 133 Å². The van der Waals surface area contributed by atoms with E-state index in [9.17, 15) is 5.11 Å². The number of hydrogen-bond donors (Lipinski definition) is 5. The van der Waals surface area contributed by atoms with E-state index in [-0.39, 0.29) is 6.10 Å². The van der Waals surface area contributed by atoms with Crippen LogP contribution in [0.1, 0.15) is 25.7 Å². The van der Waals surface area contributed by atoms with E-state index in [1.807, 2.05) is 24.3 Å². The van der Waals surface area contributed by atoms with E-state index in [2.05, 4.69) is 5.32 Å². The second kappa shape index (κ2) is 7.44. The maximum absolute atomic E-state index is 9.40. The Kier molecular flexibility index (Phi) is 6.21. The number of nitrogens with two attached hydrogens (primary N) is 1. The number of aliphatic hydroxyl groups is 1. The lowest BCUT2D eigenvalue weighted by Crippen LogP contribution is -2.28. The molecule has 1 aromatic rings. The molecule has 1 aliphatic rings. The van der Waals surface area contributed by atoms with E-state index < -0.39 is 10.4 Å². The lowest BCUT2D eigenvalue weighted by atomic mass is 9.93. The zero-order valence-corrected chi connectivity index (χ0v) is 11.8. The van der Waals surface area contributed by atoms with Crippen LogP contribution in [0.15, 0.2) is 24.3 Å². The summed E-state index contributed by atoms with van der Waals surface area (Å²) in [6.07, 6.45) is 3.73. The Labute approximate surface area is 118 Å². The molecule has 0 radical (unpaired) electrons. The number of nitrogens with one attached hydrogen (secondary N) is 1. The maximum atomic E-state index is 9.40. The minimum Gasteiger partial charge on any atom is -0.397 e. The number of anilines is 2. The van der Waals surface area contributed by atoms with Gasteiger partial charge in [-0.2, -0.15) is 8.42 Å². The molecule has 0 aliphatic heterocycles. The van der Waals surface area contributed by atoms with E-state index in [0.29, 0.717) is 6.04 Å². The zero-order chi connectivity index (χ0) is 15.2. The monoisotopic (exact) mass is 304 g/mol. The minimum absolute atomic E-state index is 0.101. The van der Waals surface area contributed by atoms with Gasteiger partial charge in [-0.05, 0) is 37.8 Å². The van der Waals surface area contributed by atoms with Crippen molar-refractivity contribution in [1.82, 2.24) is 0 Å². The second-order valence-electron chi connectivity index (χ2n) is 4.68. The van der Waals surface area contributed by atoms with Crippen LogP contribution >= 0.6 is 0 Å². The lowest BCUT2D eigenvalue weighted by molar-refractivity contribution is 0.126. The van der Waals surface area contributed by atoms with Crippen molar-refractivity contribution in [3.63, 3.8) is 0 Å². The smallest absolute Gasteiger partial charge is 0.394 e. The summed E-state index contributed by atoms with van der Waals surface area (Å²) in [6, 6.07) is 8.28. The zero-order valence-electron chi connectivity index (χ0n) is 10.9. The molecule has 0 atom stereocenters. The van der Waals surface area contributed by atoms with Crippen LogP contribution in [-0.2, 0) is 10.4 Å². The van der Waals surface area contributed by atoms with Gasteiger partial charge < -0.3 is 16.2 Å². The van der Waals surface area contributed by atoms with Crippen LogP contribution < -0.4 is 11.1 Å². The predicted molar refractivity (Wildman–Crippen MR) is 76.9 cm³/mol. The Morgan fingerprint density at radius 2 is 1.60 bits per heavy atom. The molecule has 7 nitrogen and oxygen atoms in total. The summed E-state index contributed by atoms with van der Waals surface area (Å²) in [4.78, 5) is 0. The first-order chi connectivity index (χ1) is 9.25. The van der Waals surface area contributed by atoms with Gasteiger partial charge in [0, 0.05) is 6.04 Å². The van der Waals surface area contributed by atoms with Crippen LogP contribution in [0.4, 0.5) is 11.4 Å². The average Bonchev–Trinajstić information content (AvgIpc) is 2.33. The molecule has 0 heterocycles. The third-order valence-electron chi connectivity index (χ3n) is 3.02. The van der Waals surface area contributed by atoms with Crippen molar-refractivity contribution >= 4 is 21.8 Å². The van der Waals surface area contributed by atoms with Crippen LogP contribution in [-0.4, -0.2) is 34.8 Å². The number of hydrogen-bond acceptors (Lipinski definition) is 5. The normalized spacial score (nSPS) is 22.6. The molecule has 0 bridgehead atoms. The largest absolute Gasteiger partial charge is 0.397 e. The van der Waals surface area contributed by atoms with Gasteiger partial charge in [0.15, 0.2) is 0 Å². The molecule has 2 rings (SSSR count). The Bertz CT molecular complexity index is 504. The quantitative estimate of drug-likeness (QED) is 0.411. The molecule has 1 aliphatic carbocycles. The summed E-state index contributed by atoms with van der Waals surface area (Å²) >= 11 is 0. The van der Waals surface area contributed by atoms with E-state index in [1.165, 1.54) is 0 Å². The van der Waals surface area contributed by atoms with Crippen molar-refractivity contribution in [2.45, 2.75) is 37.8 Å². The first-order valence-electron chi connectivity index (χ1n) is 6.24. The van der Waals surface area contributed by atoms with E-state index in [1.54, 1.807) is 0 Å². The third kappa shape index (κ3) is 7.29. The van der Waals surface area contributed by atoms with Gasteiger partial charge in [-0.25, -0.2) is 0 Å². The SMILES string of the molecule is Nc1ccccc1NC1CCC(O)CC1.O=S(=O)(O)O. The van der Waals surface area contributed by atoms with Gasteiger partial charge in [-0.15, -0.1) is 0 Å². The van der Waals surface area contributed by atoms with Crippen LogP contribution in [0.25, 0.3) is 0 Å². The van der Waals surface area contributed by atoms with Crippen molar-refractivity contribution in [1.29, 1.82) is 0 Å². The van der Waals surface area contributed by atoms with Gasteiger partial charge in [-0.1, -0.05) is 12.1 Å². The molecule has 1 saturated carbocycles. The highest BCUT2D eigenvalue weighted by Gasteiger charge is 2.19. The third-order valence-corrected chi connectivity index (χ3v) is 3.02. The van der Waals surface area contributed by atoms with Gasteiger partial charge in [0.05, 0.1) is 17.5 Å². The van der Waals surface area contributed by atoms with Crippen molar-refractivity contribution in [2.24, 2.45) is 0 Å². The summed E-state index contributed by atoms with van der Waals surface area (Å²) < 4.78 is 31.6. The molecule has 8 heteroatoms. The minimum atomic E-state index is -4.67. The number of para-hydroxylation sites is 2. The molecule has 0 aromatic heterocycles. The Morgan fingerprint density at radius 1 is 1.10 bits per heavy atom. The number of nitrogen functional groups attached to an aromatic ring is 1. The summed E-state index contributed by atoms with van der Waals surface area (Å²) in [5.74, 6) is 0. The molecule has 6 N–H and O–H groups in total. The van der Waals surface area contributed by atoms with Crippen molar-refractivity contribution in [3.05, 3.63) is 24.3 Å². The first kappa shape index (κ1) is 16.7. The fraction of sp³-hybridized carbons (Fsp3) is 0.500. The maximum Gasteiger partial charge on any atom is 0.394 e. The summed E-state index contributed by atoms with van der Waals surface area (Å²) in [5, 5.41) is 12.8. The fourth-order valence-electron chi connectivity index (χ4n) is 2.07. The van der Waals surface area contributed by atoms with Crippen molar-refractivity contribution in [2.75, 3.05) is 11.1 Å². The van der Waals surface area contributed by atoms with Gasteiger partial charge in [-0.3, -0.25) is 9.11 Å². The molecule has 20 heavy (non-hydrogen) atoms. The van der Waals surface area contributed by atoms with Crippen LogP contribution in [0.2, 0.25) is 0 Å². The van der Waals surface area contributed by atoms with Crippen LogP contribution in [0, 0.1) is 0 Å². The highest BCUT2D eigenvalue weighted by Crippen LogP contribution is 2.24. The summed E-state index contributed by atoms with van der Waals surface area (Å²) in [6.45, 7) is 0. The molecular formula is C12H20N2O5S. The lowest BCUT2D eigenvalue weighted by Gasteiger charge is -2.27. The Morgan fingerprint density at radius 3 is 2.10 bits per heavy atom. The Hall–Kier alpha value is -1.35. The van der Waals surface area contributed by atoms with E-state index >= 15 is 0 Å². The van der Waals surface area contributed by atoms with E-state index in [4.69, 9.17) is 23.3 Å². The second-order valence-corrected chi connectivity index (χ2v) is 5.58. The van der Waals surface area contributed by atoms with Gasteiger partial charge in [0.25, 0.3) is 0 Å². The molecule has 1 fully saturated rings. The fourth-order valence-corrected chi connectivity index (χ4v) is 2.07. The van der Waals surface area contributed by atoms with Gasteiger partial charge in [0.1, 0.15) is 0 Å². The summed E-state index contributed by atoms with van der Waals surface area (Å²) in [7, 11) is -4.67. The van der Waals surface area contributed by atoms with Crippen molar-refractivity contribution in [3.8, 4) is 0 Å². The molecule has 0 spiro atoms. The van der Waals surface area contributed by atoms with E-state index in [0.717, 1.165) is 37.1 Å². The Balaban J connectivity index is 0.000000347. The number of benzene rings is 1. The van der Waals surface area contributed by atoms with Gasteiger partial charge >= 0.3 is 10.4 Å². The predicted octanol–water partition coefficient (Wildman–Crippen LogP) is 1.33. The first-order valence-corrected chi connectivity index (χ1v) is 7.64. The highest BCUT2D eigenvalue weighted by atomic mass is 32.3. The molecule has 114 valence electrons. The van der Waals surface area contributed by atoms with Crippen molar-refractivity contribution < 1.29 is 22.6 Å². The number of rotatable bonds is 2. The number of aliphatic hydroxyl groups excluding tert-OH is 1. The highest BCUT2D eigenvalue weighted by molar-refractivity contribution is 7.79. The molecule has 0 amide bonds.